The van der Waals surface area contributed by atoms with E-state index in [-0.39, 0.29) is 12.0 Å². The summed E-state index contributed by atoms with van der Waals surface area (Å²) in [5.74, 6) is 0.726. The number of carbonyl (C=O) groups excluding carboxylic acids is 2. The van der Waals surface area contributed by atoms with Gasteiger partial charge in [-0.3, -0.25) is 4.79 Å². The highest BCUT2D eigenvalue weighted by Gasteiger charge is 2.31. The van der Waals surface area contributed by atoms with Gasteiger partial charge in [0, 0.05) is 37.3 Å². The van der Waals surface area contributed by atoms with Gasteiger partial charge >= 0.3 is 5.97 Å². The van der Waals surface area contributed by atoms with Crippen LogP contribution in [0.25, 0.3) is 6.08 Å². The number of likely N-dealkylation sites (tertiary alicyclic amines) is 1. The van der Waals surface area contributed by atoms with Gasteiger partial charge in [0.15, 0.2) is 0 Å². The number of nitrogens with zero attached hydrogens (tertiary/aromatic N) is 2. The Balaban J connectivity index is 1.54. The van der Waals surface area contributed by atoms with E-state index in [0.717, 1.165) is 31.4 Å². The van der Waals surface area contributed by atoms with Gasteiger partial charge in [-0.1, -0.05) is 30.9 Å². The number of pyridine rings is 1. The van der Waals surface area contributed by atoms with Gasteiger partial charge in [0.2, 0.25) is 5.91 Å². The van der Waals surface area contributed by atoms with Crippen LogP contribution in [0.3, 0.4) is 0 Å². The van der Waals surface area contributed by atoms with E-state index in [0.29, 0.717) is 29.9 Å². The number of rotatable bonds is 6. The number of nitrogens with one attached hydrogen (secondary N) is 1. The summed E-state index contributed by atoms with van der Waals surface area (Å²) in [7, 11) is 0. The monoisotopic (exact) mass is 405 g/mol. The molecule has 1 amide bonds. The van der Waals surface area contributed by atoms with Crippen LogP contribution < -0.4 is 5.32 Å². The van der Waals surface area contributed by atoms with Crippen LogP contribution in [0, 0.1) is 5.92 Å². The standard InChI is InChI=1S/C21H28ClN3O3/c1-2-28-19(26)9-8-15-12-18(22)20(23-13-15)24-17-10-11-25(14-17)21(27)16-6-4-3-5-7-16/h8-9,12-13,16-17H,2-7,10-11,14H2,1H3,(H,23,24)/t17-/m1/s1. The number of halogens is 1. The summed E-state index contributed by atoms with van der Waals surface area (Å²) in [5.41, 5.74) is 0.726. The predicted octanol–water partition coefficient (Wildman–Crippen LogP) is 3.90. The molecule has 7 heteroatoms. The Hall–Kier alpha value is -2.08. The zero-order chi connectivity index (χ0) is 19.9. The van der Waals surface area contributed by atoms with Crippen LogP contribution in [0.5, 0.6) is 0 Å². The van der Waals surface area contributed by atoms with E-state index in [1.165, 1.54) is 25.3 Å². The number of anilines is 1. The summed E-state index contributed by atoms with van der Waals surface area (Å²) in [4.78, 5) is 30.4. The first-order valence-electron chi connectivity index (χ1n) is 10.1. The van der Waals surface area contributed by atoms with Crippen LogP contribution in [0.4, 0.5) is 5.82 Å². The van der Waals surface area contributed by atoms with Crippen molar-refractivity contribution in [3.8, 4) is 0 Å². The number of hydrogen-bond acceptors (Lipinski definition) is 5. The maximum absolute atomic E-state index is 12.7. The van der Waals surface area contributed by atoms with Crippen molar-refractivity contribution in [3.63, 3.8) is 0 Å². The second kappa shape index (κ2) is 9.92. The molecule has 1 N–H and O–H groups in total. The number of aromatic nitrogens is 1. The Morgan fingerprint density at radius 3 is 2.82 bits per heavy atom. The van der Waals surface area contributed by atoms with E-state index in [9.17, 15) is 9.59 Å². The van der Waals surface area contributed by atoms with Crippen molar-refractivity contribution in [2.45, 2.75) is 51.5 Å². The van der Waals surface area contributed by atoms with Crippen molar-refractivity contribution in [2.75, 3.05) is 25.0 Å². The molecule has 1 atom stereocenters. The maximum atomic E-state index is 12.7. The number of carbonyl (C=O) groups is 2. The highest BCUT2D eigenvalue weighted by atomic mass is 35.5. The van der Waals surface area contributed by atoms with Gasteiger partial charge in [0.25, 0.3) is 0 Å². The van der Waals surface area contributed by atoms with Gasteiger partial charge in [0.1, 0.15) is 5.82 Å². The SMILES string of the molecule is CCOC(=O)C=Cc1cnc(N[C@@H]2CCN(C(=O)C3CCCCC3)C2)c(Cl)c1. The molecule has 1 aromatic heterocycles. The van der Waals surface area contributed by atoms with Crippen LogP contribution in [-0.4, -0.2) is 47.5 Å². The third-order valence-electron chi connectivity index (χ3n) is 5.36. The lowest BCUT2D eigenvalue weighted by Crippen LogP contribution is -2.36. The number of ether oxygens (including phenoxy) is 1. The van der Waals surface area contributed by atoms with Gasteiger partial charge in [0.05, 0.1) is 11.6 Å². The molecule has 2 fully saturated rings. The van der Waals surface area contributed by atoms with E-state index >= 15 is 0 Å². The third kappa shape index (κ3) is 5.47. The molecule has 2 heterocycles. The van der Waals surface area contributed by atoms with E-state index in [2.05, 4.69) is 10.3 Å². The molecule has 1 saturated heterocycles. The van der Waals surface area contributed by atoms with Crippen molar-refractivity contribution >= 4 is 35.4 Å². The average Bonchev–Trinajstić information content (AvgIpc) is 3.17. The Morgan fingerprint density at radius 2 is 2.11 bits per heavy atom. The normalized spacial score (nSPS) is 20.5. The highest BCUT2D eigenvalue weighted by Crippen LogP contribution is 2.28. The second-order valence-electron chi connectivity index (χ2n) is 7.43. The molecular weight excluding hydrogens is 378 g/mol. The van der Waals surface area contributed by atoms with Crippen molar-refractivity contribution in [1.29, 1.82) is 0 Å². The molecule has 1 aromatic rings. The van der Waals surface area contributed by atoms with Gasteiger partial charge in [-0.25, -0.2) is 9.78 Å². The van der Waals surface area contributed by atoms with Crippen LogP contribution in [0.1, 0.15) is 51.0 Å². The quantitative estimate of drug-likeness (QED) is 0.574. The molecule has 0 aromatic carbocycles. The van der Waals surface area contributed by atoms with Crippen LogP contribution in [0.2, 0.25) is 5.02 Å². The molecule has 0 spiro atoms. The number of amides is 1. The Morgan fingerprint density at radius 1 is 1.32 bits per heavy atom. The minimum absolute atomic E-state index is 0.151. The molecule has 1 saturated carbocycles. The van der Waals surface area contributed by atoms with E-state index < -0.39 is 5.97 Å². The molecule has 0 radical (unpaired) electrons. The van der Waals surface area contributed by atoms with Crippen LogP contribution >= 0.6 is 11.6 Å². The van der Waals surface area contributed by atoms with Gasteiger partial charge in [-0.2, -0.15) is 0 Å². The zero-order valence-electron chi connectivity index (χ0n) is 16.3. The molecule has 28 heavy (non-hydrogen) atoms. The fraction of sp³-hybridized carbons (Fsp3) is 0.571. The highest BCUT2D eigenvalue weighted by molar-refractivity contribution is 6.33. The lowest BCUT2D eigenvalue weighted by molar-refractivity contribution is -0.137. The summed E-state index contributed by atoms with van der Waals surface area (Å²) < 4.78 is 4.86. The fourth-order valence-electron chi connectivity index (χ4n) is 3.88. The third-order valence-corrected chi connectivity index (χ3v) is 5.64. The second-order valence-corrected chi connectivity index (χ2v) is 7.84. The van der Waals surface area contributed by atoms with Gasteiger partial charge in [-0.05, 0) is 43.9 Å². The first-order chi connectivity index (χ1) is 13.6. The summed E-state index contributed by atoms with van der Waals surface area (Å²) in [6.45, 7) is 3.58. The molecular formula is C21H28ClN3O3. The lowest BCUT2D eigenvalue weighted by atomic mass is 9.88. The molecule has 2 aliphatic rings. The Labute approximate surface area is 171 Å². The van der Waals surface area contributed by atoms with Crippen molar-refractivity contribution in [3.05, 3.63) is 28.9 Å². The van der Waals surface area contributed by atoms with Crippen molar-refractivity contribution in [2.24, 2.45) is 5.92 Å². The van der Waals surface area contributed by atoms with Crippen molar-refractivity contribution < 1.29 is 14.3 Å². The first-order valence-corrected chi connectivity index (χ1v) is 10.5. The minimum Gasteiger partial charge on any atom is -0.463 e. The van der Waals surface area contributed by atoms with Gasteiger partial charge < -0.3 is 15.0 Å². The smallest absolute Gasteiger partial charge is 0.330 e. The Kier molecular flexibility index (Phi) is 7.31. The van der Waals surface area contributed by atoms with Gasteiger partial charge in [-0.15, -0.1) is 0 Å². The van der Waals surface area contributed by atoms with E-state index in [1.807, 2.05) is 4.90 Å². The first kappa shape index (κ1) is 20.6. The number of hydrogen-bond donors (Lipinski definition) is 1. The van der Waals surface area contributed by atoms with Crippen LogP contribution in [0.15, 0.2) is 18.3 Å². The predicted molar refractivity (Wildman–Crippen MR) is 110 cm³/mol. The molecule has 0 bridgehead atoms. The molecule has 3 rings (SSSR count). The topological polar surface area (TPSA) is 71.5 Å². The van der Waals surface area contributed by atoms with Crippen LogP contribution in [-0.2, 0) is 14.3 Å². The molecule has 1 aliphatic carbocycles. The lowest BCUT2D eigenvalue weighted by Gasteiger charge is -2.26. The Bertz CT molecular complexity index is 732. The minimum atomic E-state index is -0.394. The van der Waals surface area contributed by atoms with Crippen molar-refractivity contribution in [1.82, 2.24) is 9.88 Å². The molecule has 1 aliphatic heterocycles. The van der Waals surface area contributed by atoms with E-state index in [4.69, 9.17) is 16.3 Å². The summed E-state index contributed by atoms with van der Waals surface area (Å²) in [5, 5.41) is 3.85. The molecule has 152 valence electrons. The maximum Gasteiger partial charge on any atom is 0.330 e. The zero-order valence-corrected chi connectivity index (χ0v) is 17.1. The summed E-state index contributed by atoms with van der Waals surface area (Å²) in [6, 6.07) is 1.91. The largest absolute Gasteiger partial charge is 0.463 e. The number of esters is 1. The average molecular weight is 406 g/mol. The fourth-order valence-corrected chi connectivity index (χ4v) is 4.11. The molecule has 0 unspecified atom stereocenters. The summed E-state index contributed by atoms with van der Waals surface area (Å²) >= 11 is 6.35. The molecule has 6 nitrogen and oxygen atoms in total. The van der Waals surface area contributed by atoms with E-state index in [1.54, 1.807) is 25.3 Å². The summed E-state index contributed by atoms with van der Waals surface area (Å²) in [6.07, 6.45) is 11.2.